The number of nitrogens with zero attached hydrogens (tertiary/aromatic N) is 1. The van der Waals surface area contributed by atoms with Crippen LogP contribution in [0.5, 0.6) is 0 Å². The van der Waals surface area contributed by atoms with Gasteiger partial charge in [-0.3, -0.25) is 0 Å². The van der Waals surface area contributed by atoms with E-state index in [1.54, 1.807) is 11.0 Å². The topological polar surface area (TPSA) is 52.6 Å². The number of carbonyl (C=O) groups excluding carboxylic acids is 1. The molecule has 1 aliphatic carbocycles. The Morgan fingerprint density at radius 2 is 2.04 bits per heavy atom. The van der Waals surface area contributed by atoms with Gasteiger partial charge >= 0.3 is 12.2 Å². The Morgan fingerprint density at radius 1 is 1.30 bits per heavy atom. The third-order valence-corrected chi connectivity index (χ3v) is 3.64. The minimum absolute atomic E-state index is 0.0829. The molecule has 1 aromatic carbocycles. The molecule has 7 heteroatoms. The van der Waals surface area contributed by atoms with E-state index in [9.17, 15) is 18.0 Å². The molecule has 0 spiro atoms. The third-order valence-electron chi connectivity index (χ3n) is 3.64. The molecule has 0 aromatic heterocycles. The molecule has 1 aliphatic rings. The molecule has 0 saturated heterocycles. The molecule has 0 radical (unpaired) electrons. The molecule has 0 aliphatic heterocycles. The van der Waals surface area contributed by atoms with Gasteiger partial charge in [-0.05, 0) is 43.4 Å². The smallest absolute Gasteiger partial charge is 0.393 e. The average Bonchev–Trinajstić information content (AvgIpc) is 3.26. The van der Waals surface area contributed by atoms with Crippen LogP contribution in [-0.4, -0.2) is 41.4 Å². The van der Waals surface area contributed by atoms with Crippen molar-refractivity contribution in [3.05, 3.63) is 29.8 Å². The SMILES string of the molecule is O=C(Nc1cccc(CC(F)(F)F)c1)N(CCCCO)C1CC1. The molecule has 1 saturated carbocycles. The lowest BCUT2D eigenvalue weighted by Crippen LogP contribution is -2.37. The van der Waals surface area contributed by atoms with Crippen molar-refractivity contribution in [2.24, 2.45) is 0 Å². The van der Waals surface area contributed by atoms with Gasteiger partial charge in [0.05, 0.1) is 6.42 Å². The van der Waals surface area contributed by atoms with Crippen molar-refractivity contribution in [1.82, 2.24) is 4.90 Å². The zero-order valence-corrected chi connectivity index (χ0v) is 12.8. The van der Waals surface area contributed by atoms with Crippen molar-refractivity contribution in [2.45, 2.75) is 44.3 Å². The number of hydrogen-bond acceptors (Lipinski definition) is 2. The second kappa shape index (κ2) is 7.68. The summed E-state index contributed by atoms with van der Waals surface area (Å²) in [6.07, 6.45) is -2.07. The van der Waals surface area contributed by atoms with Crippen LogP contribution < -0.4 is 5.32 Å². The number of halogens is 3. The summed E-state index contributed by atoms with van der Waals surface area (Å²) >= 11 is 0. The highest BCUT2D eigenvalue weighted by atomic mass is 19.4. The molecule has 0 bridgehead atoms. The van der Waals surface area contributed by atoms with Gasteiger partial charge in [0.2, 0.25) is 0 Å². The lowest BCUT2D eigenvalue weighted by atomic mass is 10.1. The van der Waals surface area contributed by atoms with Crippen LogP contribution in [0.3, 0.4) is 0 Å². The molecule has 1 fully saturated rings. The first-order valence-electron chi connectivity index (χ1n) is 7.73. The molecule has 23 heavy (non-hydrogen) atoms. The second-order valence-electron chi connectivity index (χ2n) is 5.78. The highest BCUT2D eigenvalue weighted by Crippen LogP contribution is 2.28. The molecule has 0 unspecified atom stereocenters. The first-order valence-corrected chi connectivity index (χ1v) is 7.73. The van der Waals surface area contributed by atoms with Crippen LogP contribution in [0, 0.1) is 0 Å². The van der Waals surface area contributed by atoms with Crippen LogP contribution in [0.1, 0.15) is 31.2 Å². The minimum Gasteiger partial charge on any atom is -0.396 e. The van der Waals surface area contributed by atoms with Crippen molar-refractivity contribution in [1.29, 1.82) is 0 Å². The largest absolute Gasteiger partial charge is 0.396 e. The number of unbranched alkanes of at least 4 members (excludes halogenated alkanes) is 1. The number of aliphatic hydroxyl groups excluding tert-OH is 1. The van der Waals surface area contributed by atoms with Crippen LogP contribution in [0.4, 0.5) is 23.7 Å². The number of benzene rings is 1. The molecule has 4 nitrogen and oxygen atoms in total. The van der Waals surface area contributed by atoms with Crippen molar-refractivity contribution < 1.29 is 23.1 Å². The molecule has 2 amide bonds. The van der Waals surface area contributed by atoms with Gasteiger partial charge in [-0.25, -0.2) is 4.79 Å². The zero-order chi connectivity index (χ0) is 16.9. The fourth-order valence-corrected chi connectivity index (χ4v) is 2.42. The Bertz CT molecular complexity index is 530. The molecule has 0 atom stereocenters. The lowest BCUT2D eigenvalue weighted by Gasteiger charge is -2.23. The predicted molar refractivity (Wildman–Crippen MR) is 81.3 cm³/mol. The number of alkyl halides is 3. The van der Waals surface area contributed by atoms with Crippen LogP contribution in [0.2, 0.25) is 0 Å². The molecule has 2 N–H and O–H groups in total. The Labute approximate surface area is 133 Å². The quantitative estimate of drug-likeness (QED) is 0.751. The summed E-state index contributed by atoms with van der Waals surface area (Å²) in [4.78, 5) is 14.0. The molecular weight excluding hydrogens is 309 g/mol. The van der Waals surface area contributed by atoms with Gasteiger partial charge in [0.1, 0.15) is 0 Å². The maximum absolute atomic E-state index is 12.4. The maximum Gasteiger partial charge on any atom is 0.393 e. The fraction of sp³-hybridized carbons (Fsp3) is 0.562. The van der Waals surface area contributed by atoms with Crippen molar-refractivity contribution >= 4 is 11.7 Å². The van der Waals surface area contributed by atoms with Crippen molar-refractivity contribution in [2.75, 3.05) is 18.5 Å². The molecule has 128 valence electrons. The monoisotopic (exact) mass is 330 g/mol. The Balaban J connectivity index is 1.96. The molecular formula is C16H21F3N2O2. The first-order chi connectivity index (χ1) is 10.9. The van der Waals surface area contributed by atoms with E-state index >= 15 is 0 Å². The first kappa shape index (κ1) is 17.6. The summed E-state index contributed by atoms with van der Waals surface area (Å²) in [6.45, 7) is 0.624. The Hall–Kier alpha value is -1.76. The summed E-state index contributed by atoms with van der Waals surface area (Å²) in [7, 11) is 0. The number of aliphatic hydroxyl groups is 1. The Morgan fingerprint density at radius 3 is 2.65 bits per heavy atom. The summed E-state index contributed by atoms with van der Waals surface area (Å²) in [5, 5.41) is 11.5. The van der Waals surface area contributed by atoms with E-state index in [0.717, 1.165) is 12.8 Å². The number of nitrogens with one attached hydrogen (secondary N) is 1. The standard InChI is InChI=1S/C16H21F3N2O2/c17-16(18,19)11-12-4-3-5-13(10-12)20-15(23)21(14-6-7-14)8-1-2-9-22/h3-5,10,14,22H,1-2,6-9,11H2,(H,20,23). The van der Waals surface area contributed by atoms with E-state index in [1.807, 2.05) is 0 Å². The summed E-state index contributed by atoms with van der Waals surface area (Å²) < 4.78 is 37.3. The van der Waals surface area contributed by atoms with Crippen LogP contribution in [-0.2, 0) is 6.42 Å². The zero-order valence-electron chi connectivity index (χ0n) is 12.8. The maximum atomic E-state index is 12.4. The second-order valence-corrected chi connectivity index (χ2v) is 5.78. The van der Waals surface area contributed by atoms with Gasteiger partial charge in [0, 0.05) is 24.9 Å². The highest BCUT2D eigenvalue weighted by molar-refractivity contribution is 5.89. The van der Waals surface area contributed by atoms with Crippen LogP contribution in [0.25, 0.3) is 0 Å². The van der Waals surface area contributed by atoms with Gasteiger partial charge in [-0.2, -0.15) is 13.2 Å². The van der Waals surface area contributed by atoms with E-state index in [-0.39, 0.29) is 24.2 Å². The van der Waals surface area contributed by atoms with Crippen molar-refractivity contribution in [3.63, 3.8) is 0 Å². The number of anilines is 1. The van der Waals surface area contributed by atoms with Gasteiger partial charge in [-0.15, -0.1) is 0 Å². The predicted octanol–water partition coefficient (Wildman–Crippen LogP) is 3.56. The van der Waals surface area contributed by atoms with E-state index in [4.69, 9.17) is 5.11 Å². The number of urea groups is 1. The molecule has 1 aromatic rings. The van der Waals surface area contributed by atoms with E-state index in [2.05, 4.69) is 5.32 Å². The average molecular weight is 330 g/mol. The number of hydrogen-bond donors (Lipinski definition) is 2. The number of rotatable bonds is 7. The minimum atomic E-state index is -4.27. The Kier molecular flexibility index (Phi) is 5.87. The summed E-state index contributed by atoms with van der Waals surface area (Å²) in [5.74, 6) is 0. The highest BCUT2D eigenvalue weighted by Gasteiger charge is 2.32. The van der Waals surface area contributed by atoms with E-state index in [1.165, 1.54) is 18.2 Å². The lowest BCUT2D eigenvalue weighted by molar-refractivity contribution is -0.127. The van der Waals surface area contributed by atoms with Gasteiger partial charge < -0.3 is 15.3 Å². The van der Waals surface area contributed by atoms with Crippen LogP contribution >= 0.6 is 0 Å². The van der Waals surface area contributed by atoms with E-state index in [0.29, 0.717) is 25.1 Å². The molecule has 2 rings (SSSR count). The summed E-state index contributed by atoms with van der Waals surface area (Å²) in [5.41, 5.74) is 0.484. The van der Waals surface area contributed by atoms with Gasteiger partial charge in [0.25, 0.3) is 0 Å². The normalized spacial score (nSPS) is 14.6. The number of carbonyl (C=O) groups is 1. The van der Waals surface area contributed by atoms with Crippen LogP contribution in [0.15, 0.2) is 24.3 Å². The van der Waals surface area contributed by atoms with Gasteiger partial charge in [0.15, 0.2) is 0 Å². The van der Waals surface area contributed by atoms with E-state index < -0.39 is 12.6 Å². The fourth-order valence-electron chi connectivity index (χ4n) is 2.42. The molecule has 0 heterocycles. The van der Waals surface area contributed by atoms with Gasteiger partial charge in [-0.1, -0.05) is 12.1 Å². The summed E-state index contributed by atoms with van der Waals surface area (Å²) in [6, 6.07) is 5.73. The van der Waals surface area contributed by atoms with Crippen molar-refractivity contribution in [3.8, 4) is 0 Å². The number of amides is 2. The third kappa shape index (κ3) is 6.09.